The van der Waals surface area contributed by atoms with E-state index in [2.05, 4.69) is 50.9 Å². The quantitative estimate of drug-likeness (QED) is 0.820. The summed E-state index contributed by atoms with van der Waals surface area (Å²) in [5, 5.41) is 6.38. The summed E-state index contributed by atoms with van der Waals surface area (Å²) in [5.41, 5.74) is 2.46. The van der Waals surface area contributed by atoms with Gasteiger partial charge in [-0.3, -0.25) is 9.79 Å². The first-order valence-corrected chi connectivity index (χ1v) is 10.7. The van der Waals surface area contributed by atoms with Crippen LogP contribution < -0.4 is 5.32 Å². The first kappa shape index (κ1) is 17.7. The van der Waals surface area contributed by atoms with Crippen LogP contribution in [0.5, 0.6) is 0 Å². The Balaban J connectivity index is 1.36. The van der Waals surface area contributed by atoms with Crippen LogP contribution in [0.15, 0.2) is 46.4 Å². The number of rotatable bonds is 6. The summed E-state index contributed by atoms with van der Waals surface area (Å²) in [6, 6.07) is 10.7. The lowest BCUT2D eigenvalue weighted by Gasteiger charge is -2.26. The fourth-order valence-electron chi connectivity index (χ4n) is 4.34. The molecule has 1 aliphatic carbocycles. The molecule has 0 bridgehead atoms. The zero-order valence-corrected chi connectivity index (χ0v) is 16.0. The molecule has 26 heavy (non-hydrogen) atoms. The lowest BCUT2D eigenvalue weighted by molar-refractivity contribution is -0.120. The largest absolute Gasteiger partial charge is 0.355 e. The number of benzene rings is 1. The van der Waals surface area contributed by atoms with Crippen LogP contribution >= 0.6 is 11.8 Å². The maximum Gasteiger partial charge on any atom is 0.225 e. The van der Waals surface area contributed by atoms with Gasteiger partial charge in [-0.25, -0.2) is 0 Å². The Morgan fingerprint density at radius 1 is 1.23 bits per heavy atom. The van der Waals surface area contributed by atoms with Gasteiger partial charge in [-0.05, 0) is 36.2 Å². The van der Waals surface area contributed by atoms with Crippen molar-refractivity contribution >= 4 is 22.8 Å². The summed E-state index contributed by atoms with van der Waals surface area (Å²) in [4.78, 5) is 19.3. The summed E-state index contributed by atoms with van der Waals surface area (Å²) in [7, 11) is 0. The van der Waals surface area contributed by atoms with Crippen molar-refractivity contribution < 1.29 is 4.79 Å². The van der Waals surface area contributed by atoms with Gasteiger partial charge in [0.2, 0.25) is 5.91 Å². The van der Waals surface area contributed by atoms with Gasteiger partial charge in [0.25, 0.3) is 0 Å². The third-order valence-electron chi connectivity index (χ3n) is 5.72. The smallest absolute Gasteiger partial charge is 0.225 e. The maximum atomic E-state index is 12.6. The van der Waals surface area contributed by atoms with Gasteiger partial charge in [0, 0.05) is 31.2 Å². The molecule has 4 rings (SSSR count). The van der Waals surface area contributed by atoms with Crippen LogP contribution in [-0.2, 0) is 4.79 Å². The van der Waals surface area contributed by atoms with Gasteiger partial charge in [0.05, 0.1) is 6.42 Å². The fourth-order valence-corrected chi connectivity index (χ4v) is 5.29. The number of aliphatic imine (C=N–C) groups is 1. The SMILES string of the molecule is O=C(CC1=CSC2=NCCCN12)NCC(c1ccccc1)C1CCCC1. The minimum Gasteiger partial charge on any atom is -0.355 e. The minimum atomic E-state index is 0.127. The second kappa shape index (κ2) is 8.30. The summed E-state index contributed by atoms with van der Waals surface area (Å²) in [5.74, 6) is 1.25. The van der Waals surface area contributed by atoms with Gasteiger partial charge in [-0.15, -0.1) is 0 Å². The Hall–Kier alpha value is -1.75. The molecule has 0 saturated heterocycles. The normalized spacial score (nSPS) is 21.2. The van der Waals surface area contributed by atoms with E-state index in [1.165, 1.54) is 31.2 Å². The predicted octanol–water partition coefficient (Wildman–Crippen LogP) is 4.12. The minimum absolute atomic E-state index is 0.127. The second-order valence-electron chi connectivity index (χ2n) is 7.44. The molecule has 1 amide bonds. The lowest BCUT2D eigenvalue weighted by Crippen LogP contribution is -2.34. The van der Waals surface area contributed by atoms with Crippen LogP contribution in [0.25, 0.3) is 0 Å². The second-order valence-corrected chi connectivity index (χ2v) is 8.28. The van der Waals surface area contributed by atoms with Gasteiger partial charge in [-0.2, -0.15) is 0 Å². The van der Waals surface area contributed by atoms with Crippen molar-refractivity contribution in [3.63, 3.8) is 0 Å². The molecule has 1 atom stereocenters. The van der Waals surface area contributed by atoms with Gasteiger partial charge in [-0.1, -0.05) is 54.9 Å². The molecule has 1 unspecified atom stereocenters. The molecular weight excluding hydrogens is 342 g/mol. The first-order chi connectivity index (χ1) is 12.8. The number of carbonyl (C=O) groups excluding carboxylic acids is 1. The van der Waals surface area contributed by atoms with E-state index in [-0.39, 0.29) is 5.91 Å². The van der Waals surface area contributed by atoms with Crippen LogP contribution in [0.1, 0.15) is 50.0 Å². The number of carbonyl (C=O) groups is 1. The third-order valence-corrected chi connectivity index (χ3v) is 6.67. The number of amidine groups is 1. The molecule has 1 aromatic carbocycles. The Labute approximate surface area is 160 Å². The molecule has 138 valence electrons. The van der Waals surface area contributed by atoms with Gasteiger partial charge < -0.3 is 10.2 Å². The van der Waals surface area contributed by atoms with Crippen LogP contribution in [-0.4, -0.2) is 35.6 Å². The molecule has 1 saturated carbocycles. The summed E-state index contributed by atoms with van der Waals surface area (Å²) in [6.45, 7) is 2.64. The molecule has 1 fully saturated rings. The fraction of sp³-hybridized carbons (Fsp3) is 0.524. The summed E-state index contributed by atoms with van der Waals surface area (Å²) < 4.78 is 0. The number of nitrogens with zero attached hydrogens (tertiary/aromatic N) is 2. The highest BCUT2D eigenvalue weighted by atomic mass is 32.2. The molecule has 1 aromatic rings. The van der Waals surface area contributed by atoms with E-state index in [1.54, 1.807) is 11.8 Å². The monoisotopic (exact) mass is 369 g/mol. The number of thioether (sulfide) groups is 1. The molecule has 4 nitrogen and oxygen atoms in total. The molecule has 0 aromatic heterocycles. The topological polar surface area (TPSA) is 44.7 Å². The van der Waals surface area contributed by atoms with Crippen LogP contribution in [0.2, 0.25) is 0 Å². The predicted molar refractivity (Wildman–Crippen MR) is 108 cm³/mol. The zero-order valence-electron chi connectivity index (χ0n) is 15.2. The molecular formula is C21H27N3OS. The van der Waals surface area contributed by atoms with Crippen molar-refractivity contribution in [1.82, 2.24) is 10.2 Å². The van der Waals surface area contributed by atoms with Gasteiger partial charge >= 0.3 is 0 Å². The van der Waals surface area contributed by atoms with Crippen LogP contribution in [0, 0.1) is 5.92 Å². The van der Waals surface area contributed by atoms with Crippen molar-refractivity contribution in [3.05, 3.63) is 47.0 Å². The number of hydrogen-bond acceptors (Lipinski definition) is 4. The Bertz CT molecular complexity index is 694. The van der Waals surface area contributed by atoms with E-state index in [0.717, 1.165) is 36.9 Å². The molecule has 1 N–H and O–H groups in total. The van der Waals surface area contributed by atoms with Crippen molar-refractivity contribution in [2.24, 2.45) is 10.9 Å². The Morgan fingerprint density at radius 3 is 2.85 bits per heavy atom. The molecule has 2 heterocycles. The number of nitrogens with one attached hydrogen (secondary N) is 1. The van der Waals surface area contributed by atoms with E-state index in [1.807, 2.05) is 0 Å². The highest BCUT2D eigenvalue weighted by Gasteiger charge is 2.28. The lowest BCUT2D eigenvalue weighted by atomic mass is 9.85. The maximum absolute atomic E-state index is 12.6. The van der Waals surface area contributed by atoms with Crippen molar-refractivity contribution in [2.75, 3.05) is 19.6 Å². The van der Waals surface area contributed by atoms with E-state index in [4.69, 9.17) is 0 Å². The number of hydrogen-bond donors (Lipinski definition) is 1. The zero-order chi connectivity index (χ0) is 17.8. The highest BCUT2D eigenvalue weighted by Crippen LogP contribution is 2.37. The third kappa shape index (κ3) is 3.98. The van der Waals surface area contributed by atoms with Gasteiger partial charge in [0.1, 0.15) is 0 Å². The van der Waals surface area contributed by atoms with Crippen LogP contribution in [0.3, 0.4) is 0 Å². The molecule has 0 radical (unpaired) electrons. The molecule has 0 spiro atoms. The number of fused-ring (bicyclic) bond motifs is 1. The van der Waals surface area contributed by atoms with Crippen molar-refractivity contribution in [2.45, 2.75) is 44.4 Å². The standard InChI is InChI=1S/C21H27N3OS/c25-20(13-18-15-26-21-22-11-6-12-24(18)21)23-14-19(17-9-4-5-10-17)16-7-2-1-3-8-16/h1-3,7-8,15,17,19H,4-6,9-14H2,(H,23,25). The van der Waals surface area contributed by atoms with Gasteiger partial charge in [0.15, 0.2) is 5.17 Å². The van der Waals surface area contributed by atoms with Crippen LogP contribution in [0.4, 0.5) is 0 Å². The van der Waals surface area contributed by atoms with Crippen molar-refractivity contribution in [3.8, 4) is 0 Å². The van der Waals surface area contributed by atoms with E-state index in [0.29, 0.717) is 18.3 Å². The number of amides is 1. The Kier molecular flexibility index (Phi) is 5.63. The highest BCUT2D eigenvalue weighted by molar-refractivity contribution is 8.16. The molecule has 3 aliphatic rings. The molecule has 5 heteroatoms. The van der Waals surface area contributed by atoms with E-state index >= 15 is 0 Å². The Morgan fingerprint density at radius 2 is 2.04 bits per heavy atom. The van der Waals surface area contributed by atoms with Crippen molar-refractivity contribution in [1.29, 1.82) is 0 Å². The first-order valence-electron chi connectivity index (χ1n) is 9.80. The summed E-state index contributed by atoms with van der Waals surface area (Å²) in [6.07, 6.45) is 6.74. The van der Waals surface area contributed by atoms with E-state index < -0.39 is 0 Å². The molecule has 2 aliphatic heterocycles. The van der Waals surface area contributed by atoms with E-state index in [9.17, 15) is 4.79 Å². The average molecular weight is 370 g/mol. The summed E-state index contributed by atoms with van der Waals surface area (Å²) >= 11 is 1.65. The average Bonchev–Trinajstić information content (AvgIpc) is 3.34.